The van der Waals surface area contributed by atoms with Gasteiger partial charge >= 0.3 is 6.18 Å². The van der Waals surface area contributed by atoms with Crippen LogP contribution in [0, 0.1) is 19.7 Å². The number of rotatable bonds is 6. The largest absolute Gasteiger partial charge is 0.416 e. The number of hydrogen-bond donors (Lipinski definition) is 2. The van der Waals surface area contributed by atoms with Crippen molar-refractivity contribution in [3.8, 4) is 0 Å². The van der Waals surface area contributed by atoms with Crippen molar-refractivity contribution in [3.05, 3.63) is 52.1 Å². The van der Waals surface area contributed by atoms with E-state index < -0.39 is 17.6 Å². The second kappa shape index (κ2) is 9.07. The summed E-state index contributed by atoms with van der Waals surface area (Å²) in [6, 6.07) is 2.63. The van der Waals surface area contributed by atoms with Gasteiger partial charge < -0.3 is 10.6 Å². The van der Waals surface area contributed by atoms with E-state index in [-0.39, 0.29) is 12.1 Å². The zero-order valence-corrected chi connectivity index (χ0v) is 16.4. The third kappa shape index (κ3) is 5.46. The second-order valence-electron chi connectivity index (χ2n) is 6.44. The van der Waals surface area contributed by atoms with Gasteiger partial charge in [-0.15, -0.1) is 0 Å². The zero-order chi connectivity index (χ0) is 20.9. The third-order valence-corrected chi connectivity index (χ3v) is 4.46. The first-order valence-electron chi connectivity index (χ1n) is 9.00. The number of aliphatic imine (C=N–C) groups is 1. The van der Waals surface area contributed by atoms with Gasteiger partial charge in [0.1, 0.15) is 5.82 Å². The zero-order valence-electron chi connectivity index (χ0n) is 16.4. The van der Waals surface area contributed by atoms with E-state index in [9.17, 15) is 17.6 Å². The molecule has 28 heavy (non-hydrogen) atoms. The maximum atomic E-state index is 13.2. The van der Waals surface area contributed by atoms with Gasteiger partial charge in [-0.1, -0.05) is 6.07 Å². The Kier molecular flexibility index (Phi) is 7.04. The van der Waals surface area contributed by atoms with Crippen molar-refractivity contribution >= 4 is 5.96 Å². The van der Waals surface area contributed by atoms with Crippen LogP contribution in [0.2, 0.25) is 0 Å². The van der Waals surface area contributed by atoms with Crippen LogP contribution in [0.25, 0.3) is 0 Å². The average Bonchev–Trinajstić information content (AvgIpc) is 2.85. The topological polar surface area (TPSA) is 54.2 Å². The highest BCUT2D eigenvalue weighted by Gasteiger charge is 2.33. The van der Waals surface area contributed by atoms with E-state index in [1.165, 1.54) is 0 Å². The van der Waals surface area contributed by atoms with Crippen molar-refractivity contribution in [1.29, 1.82) is 0 Å². The summed E-state index contributed by atoms with van der Waals surface area (Å²) in [6.07, 6.45) is -3.92. The Morgan fingerprint density at radius 1 is 1.21 bits per heavy atom. The maximum absolute atomic E-state index is 13.2. The lowest BCUT2D eigenvalue weighted by Crippen LogP contribution is -2.38. The van der Waals surface area contributed by atoms with Crippen molar-refractivity contribution in [2.75, 3.05) is 13.1 Å². The minimum atomic E-state index is -4.63. The van der Waals surface area contributed by atoms with E-state index >= 15 is 0 Å². The molecule has 1 heterocycles. The first kappa shape index (κ1) is 21.7. The molecule has 0 aliphatic carbocycles. The molecule has 0 saturated carbocycles. The molecule has 2 rings (SSSR count). The normalized spacial score (nSPS) is 12.4. The highest BCUT2D eigenvalue weighted by atomic mass is 19.4. The van der Waals surface area contributed by atoms with Gasteiger partial charge in [-0.2, -0.15) is 18.3 Å². The number of nitrogens with one attached hydrogen (secondary N) is 2. The summed E-state index contributed by atoms with van der Waals surface area (Å²) in [4.78, 5) is 4.22. The van der Waals surface area contributed by atoms with Crippen molar-refractivity contribution < 1.29 is 17.6 Å². The van der Waals surface area contributed by atoms with Crippen LogP contribution in [0.15, 0.2) is 23.2 Å². The molecule has 0 spiro atoms. The molecule has 1 aromatic heterocycles. The van der Waals surface area contributed by atoms with Crippen molar-refractivity contribution in [2.45, 2.75) is 39.9 Å². The Labute approximate surface area is 161 Å². The summed E-state index contributed by atoms with van der Waals surface area (Å²) in [5.41, 5.74) is 2.06. The predicted octanol–water partition coefficient (Wildman–Crippen LogP) is 3.49. The molecule has 2 aromatic rings. The smallest absolute Gasteiger partial charge is 0.357 e. The van der Waals surface area contributed by atoms with Crippen molar-refractivity contribution in [3.63, 3.8) is 0 Å². The van der Waals surface area contributed by atoms with Crippen LogP contribution in [0.1, 0.15) is 35.0 Å². The maximum Gasteiger partial charge on any atom is 0.416 e. The number of alkyl halides is 3. The Morgan fingerprint density at radius 2 is 1.93 bits per heavy atom. The van der Waals surface area contributed by atoms with Crippen LogP contribution in [0.4, 0.5) is 17.6 Å². The molecule has 9 heteroatoms. The fraction of sp³-hybridized carbons (Fsp3) is 0.474. The summed E-state index contributed by atoms with van der Waals surface area (Å²) in [5.74, 6) is -0.522. The number of aromatic nitrogens is 2. The Hall–Kier alpha value is -2.58. The second-order valence-corrected chi connectivity index (χ2v) is 6.44. The summed E-state index contributed by atoms with van der Waals surface area (Å²) < 4.78 is 54.4. The summed E-state index contributed by atoms with van der Waals surface area (Å²) >= 11 is 0. The van der Waals surface area contributed by atoms with Crippen LogP contribution in [0.3, 0.4) is 0 Å². The molecule has 0 atom stereocenters. The van der Waals surface area contributed by atoms with Gasteiger partial charge in [0.05, 0.1) is 17.8 Å². The molecule has 0 bridgehead atoms. The first-order chi connectivity index (χ1) is 13.1. The lowest BCUT2D eigenvalue weighted by atomic mass is 10.1. The summed E-state index contributed by atoms with van der Waals surface area (Å²) in [6.45, 7) is 6.69. The van der Waals surface area contributed by atoms with Gasteiger partial charge in [-0.3, -0.25) is 4.68 Å². The van der Waals surface area contributed by atoms with E-state index in [0.29, 0.717) is 31.5 Å². The molecule has 0 amide bonds. The molecular weight excluding hydrogens is 374 g/mol. The molecule has 0 radical (unpaired) electrons. The number of guanidine groups is 1. The fourth-order valence-electron chi connectivity index (χ4n) is 2.94. The van der Waals surface area contributed by atoms with Crippen molar-refractivity contribution in [1.82, 2.24) is 20.4 Å². The average molecular weight is 399 g/mol. The van der Waals surface area contributed by atoms with Crippen LogP contribution in [-0.2, 0) is 26.2 Å². The standard InChI is InChI=1S/C19H25F4N5/c1-5-24-18(25-9-8-16-12(2)27-28(4)13(16)3)26-11-14-6-7-15(20)10-17(14)19(21,22)23/h6-7,10H,5,8-9,11H2,1-4H3,(H2,24,25,26). The Morgan fingerprint density at radius 3 is 2.50 bits per heavy atom. The fourth-order valence-corrected chi connectivity index (χ4v) is 2.94. The van der Waals surface area contributed by atoms with Crippen molar-refractivity contribution in [2.24, 2.45) is 12.0 Å². The molecule has 1 aromatic carbocycles. The van der Waals surface area contributed by atoms with E-state index in [0.717, 1.165) is 29.1 Å². The molecule has 0 aliphatic heterocycles. The van der Waals surface area contributed by atoms with E-state index in [2.05, 4.69) is 20.7 Å². The number of aryl methyl sites for hydroxylation is 2. The predicted molar refractivity (Wildman–Crippen MR) is 101 cm³/mol. The minimum absolute atomic E-state index is 0.0787. The van der Waals surface area contributed by atoms with Gasteiger partial charge in [0.25, 0.3) is 0 Å². The molecule has 0 aliphatic rings. The van der Waals surface area contributed by atoms with Gasteiger partial charge in [0.15, 0.2) is 5.96 Å². The van der Waals surface area contributed by atoms with Crippen LogP contribution in [-0.4, -0.2) is 28.8 Å². The van der Waals surface area contributed by atoms with Gasteiger partial charge in [-0.05, 0) is 50.5 Å². The number of nitrogens with zero attached hydrogens (tertiary/aromatic N) is 3. The molecule has 0 unspecified atom stereocenters. The van der Waals surface area contributed by atoms with E-state index in [1.54, 1.807) is 0 Å². The molecular formula is C19H25F4N5. The lowest BCUT2D eigenvalue weighted by molar-refractivity contribution is -0.138. The first-order valence-corrected chi connectivity index (χ1v) is 9.00. The number of halogens is 4. The molecule has 154 valence electrons. The lowest BCUT2D eigenvalue weighted by Gasteiger charge is -2.14. The monoisotopic (exact) mass is 399 g/mol. The highest BCUT2D eigenvalue weighted by Crippen LogP contribution is 2.32. The molecule has 0 fully saturated rings. The van der Waals surface area contributed by atoms with Crippen LogP contribution < -0.4 is 10.6 Å². The molecule has 5 nitrogen and oxygen atoms in total. The number of hydrogen-bond acceptors (Lipinski definition) is 2. The number of benzene rings is 1. The highest BCUT2D eigenvalue weighted by molar-refractivity contribution is 5.79. The van der Waals surface area contributed by atoms with Gasteiger partial charge in [0, 0.05) is 25.8 Å². The SMILES string of the molecule is CCNC(=NCc1ccc(F)cc1C(F)(F)F)NCCc1c(C)nn(C)c1C. The molecule has 2 N–H and O–H groups in total. The Bertz CT molecular complexity index is 840. The summed E-state index contributed by atoms with van der Waals surface area (Å²) in [5, 5.41) is 10.5. The summed E-state index contributed by atoms with van der Waals surface area (Å²) in [7, 11) is 1.88. The van der Waals surface area contributed by atoms with E-state index in [1.807, 2.05) is 32.5 Å². The third-order valence-electron chi connectivity index (χ3n) is 4.46. The van der Waals surface area contributed by atoms with Gasteiger partial charge in [0.2, 0.25) is 0 Å². The van der Waals surface area contributed by atoms with Crippen LogP contribution >= 0.6 is 0 Å². The minimum Gasteiger partial charge on any atom is -0.357 e. The van der Waals surface area contributed by atoms with Crippen LogP contribution in [0.5, 0.6) is 0 Å². The Balaban J connectivity index is 2.09. The van der Waals surface area contributed by atoms with E-state index in [4.69, 9.17) is 0 Å². The quantitative estimate of drug-likeness (QED) is 0.444. The molecule has 0 saturated heterocycles. The van der Waals surface area contributed by atoms with Gasteiger partial charge in [-0.25, -0.2) is 9.38 Å².